The highest BCUT2D eigenvalue weighted by Gasteiger charge is 2.27. The van der Waals surface area contributed by atoms with Crippen LogP contribution in [0.3, 0.4) is 0 Å². The van der Waals surface area contributed by atoms with Gasteiger partial charge in [-0.15, -0.1) is 0 Å². The van der Waals surface area contributed by atoms with Crippen molar-refractivity contribution in [3.8, 4) is 90.5 Å². The number of rotatable bonds is 12. The molecule has 0 aliphatic carbocycles. The highest BCUT2D eigenvalue weighted by Crippen LogP contribution is 2.49. The molecule has 5 heterocycles. The van der Waals surface area contributed by atoms with Crippen LogP contribution in [0, 0.1) is 0 Å². The maximum absolute atomic E-state index is 6.05. The first-order chi connectivity index (χ1) is 31.4. The second-order valence-corrected chi connectivity index (χ2v) is 14.7. The van der Waals surface area contributed by atoms with E-state index in [1.165, 1.54) is 0 Å². The van der Waals surface area contributed by atoms with Gasteiger partial charge < -0.3 is 47.9 Å². The topological polar surface area (TPSA) is 131 Å². The van der Waals surface area contributed by atoms with Gasteiger partial charge in [0.05, 0.1) is 102 Å². The molecule has 7 aromatic rings. The van der Waals surface area contributed by atoms with Gasteiger partial charge in [-0.3, -0.25) is 0 Å². The number of fused-ring (bicyclic) bond motifs is 8. The zero-order valence-corrected chi connectivity index (χ0v) is 36.7. The number of nitrogens with one attached hydrogen (secondary N) is 2. The first kappa shape index (κ1) is 41.2. The van der Waals surface area contributed by atoms with Crippen molar-refractivity contribution >= 4 is 46.4 Å². The summed E-state index contributed by atoms with van der Waals surface area (Å²) in [5.41, 5.74) is 11.3. The van der Waals surface area contributed by atoms with Crippen LogP contribution >= 0.6 is 0 Å². The lowest BCUT2D eigenvalue weighted by Crippen LogP contribution is -1.98. The first-order valence-corrected chi connectivity index (χ1v) is 20.4. The number of nitrogens with zero attached hydrogens (tertiary/aromatic N) is 2. The van der Waals surface area contributed by atoms with Gasteiger partial charge >= 0.3 is 0 Å². The molecule has 0 atom stereocenters. The van der Waals surface area contributed by atoms with Gasteiger partial charge in [-0.1, -0.05) is 24.3 Å². The molecule has 0 spiro atoms. The van der Waals surface area contributed by atoms with Crippen LogP contribution in [0.2, 0.25) is 0 Å². The molecule has 3 aromatic heterocycles. The third-order valence-corrected chi connectivity index (χ3v) is 11.5. The molecule has 64 heavy (non-hydrogen) atoms. The number of hydrogen-bond donors (Lipinski definition) is 2. The van der Waals surface area contributed by atoms with Crippen LogP contribution in [0.1, 0.15) is 22.8 Å². The Balaban J connectivity index is 1.56. The van der Waals surface area contributed by atoms with Crippen molar-refractivity contribution in [2.75, 3.05) is 56.9 Å². The summed E-state index contributed by atoms with van der Waals surface area (Å²) in [4.78, 5) is 18.5. The van der Waals surface area contributed by atoms with Crippen molar-refractivity contribution in [3.63, 3.8) is 0 Å². The first-order valence-electron chi connectivity index (χ1n) is 20.4. The second-order valence-electron chi connectivity index (χ2n) is 14.7. The van der Waals surface area contributed by atoms with Gasteiger partial charge in [0.1, 0.15) is 46.0 Å². The van der Waals surface area contributed by atoms with E-state index in [0.29, 0.717) is 91.0 Å². The van der Waals surface area contributed by atoms with Crippen molar-refractivity contribution in [2.24, 2.45) is 0 Å². The Morgan fingerprint density at radius 1 is 0.266 bits per heavy atom. The summed E-state index contributed by atoms with van der Waals surface area (Å²) < 4.78 is 48.3. The number of methoxy groups -OCH3 is 8. The third kappa shape index (κ3) is 6.89. The molecule has 8 bridgehead atoms. The largest absolute Gasteiger partial charge is 0.496 e. The molecule has 0 radical (unpaired) electrons. The van der Waals surface area contributed by atoms with Gasteiger partial charge in [0.2, 0.25) is 0 Å². The number of hydrogen-bond acceptors (Lipinski definition) is 10. The predicted octanol–water partition coefficient (Wildman–Crippen LogP) is 11.4. The van der Waals surface area contributed by atoms with E-state index in [4.69, 9.17) is 47.9 Å². The predicted molar refractivity (Wildman–Crippen MR) is 253 cm³/mol. The van der Waals surface area contributed by atoms with E-state index in [0.717, 1.165) is 44.3 Å². The summed E-state index contributed by atoms with van der Waals surface area (Å²) >= 11 is 0. The molecule has 0 fully saturated rings. The van der Waals surface area contributed by atoms with Gasteiger partial charge in [-0.2, -0.15) is 0 Å². The second kappa shape index (κ2) is 17.3. The molecule has 322 valence electrons. The molecule has 9 rings (SSSR count). The summed E-state index contributed by atoms with van der Waals surface area (Å²) in [6, 6.07) is 31.0. The maximum atomic E-state index is 6.05. The molecule has 0 saturated carbocycles. The minimum Gasteiger partial charge on any atom is -0.496 e. The number of aromatic nitrogens is 4. The zero-order chi connectivity index (χ0) is 44.5. The van der Waals surface area contributed by atoms with Crippen molar-refractivity contribution in [2.45, 2.75) is 0 Å². The van der Waals surface area contributed by atoms with E-state index < -0.39 is 0 Å². The Labute approximate surface area is 370 Å². The van der Waals surface area contributed by atoms with E-state index in [-0.39, 0.29) is 0 Å². The smallest absolute Gasteiger partial charge is 0.130 e. The van der Waals surface area contributed by atoms with E-state index >= 15 is 0 Å². The van der Waals surface area contributed by atoms with Crippen LogP contribution < -0.4 is 37.9 Å². The molecule has 0 unspecified atom stereocenters. The number of H-pyrrole nitrogens is 2. The monoisotopic (exact) mass is 854 g/mol. The van der Waals surface area contributed by atoms with Crippen LogP contribution in [0.5, 0.6) is 46.0 Å². The van der Waals surface area contributed by atoms with Crippen LogP contribution in [-0.2, 0) is 0 Å². The minimum atomic E-state index is 0.585. The Bertz CT molecular complexity index is 2940. The van der Waals surface area contributed by atoms with E-state index in [9.17, 15) is 0 Å². The molecular weight excluding hydrogens is 809 g/mol. The SMILES string of the molecule is COc1cccc(OC)c1-c1c2nc(c(-c3c(OC)cccc3OC)c3ccc([nH]3)c(-c3c(OC)cccc3OC)c3ccc([nH]3)c(-c3c(OC)cccc3OC)c3nc1C=C3)C=C2. The average Bonchev–Trinajstić information content (AvgIpc) is 4.20. The molecule has 2 aliphatic rings. The van der Waals surface area contributed by atoms with E-state index in [2.05, 4.69) is 9.97 Å². The standard InChI is InChI=1S/C52H46N4O8/c1-57-37-13-9-14-38(58-2)49(37)45-29-21-23-31(53-29)46(50-39(59-3)15-10-16-40(50)60-4)33-25-27-35(55-33)48(52-43(63-7)19-12-20-44(52)64-8)36-28-26-34(56-36)47(32-24-22-30(45)54-32)51-41(61-5)17-11-18-42(51)62-6/h9-28,53-54H,1-8H3. The van der Waals surface area contributed by atoms with Gasteiger partial charge in [0.15, 0.2) is 0 Å². The summed E-state index contributed by atoms with van der Waals surface area (Å²) in [6.07, 6.45) is 7.94. The number of ether oxygens (including phenoxy) is 8. The highest BCUT2D eigenvalue weighted by atomic mass is 16.5. The van der Waals surface area contributed by atoms with Crippen LogP contribution in [-0.4, -0.2) is 76.8 Å². The highest BCUT2D eigenvalue weighted by molar-refractivity contribution is 6.04. The average molecular weight is 855 g/mol. The molecule has 4 aromatic carbocycles. The van der Waals surface area contributed by atoms with Gasteiger partial charge in [-0.05, 0) is 97.1 Å². The Morgan fingerprint density at radius 2 is 0.484 bits per heavy atom. The van der Waals surface area contributed by atoms with Gasteiger partial charge in [0, 0.05) is 44.3 Å². The number of benzene rings is 4. The lowest BCUT2D eigenvalue weighted by Gasteiger charge is -2.16. The Morgan fingerprint density at radius 3 is 0.750 bits per heavy atom. The molecule has 0 amide bonds. The summed E-state index contributed by atoms with van der Waals surface area (Å²) in [7, 11) is 13.2. The van der Waals surface area contributed by atoms with Crippen LogP contribution in [0.25, 0.3) is 90.9 Å². The summed E-state index contributed by atoms with van der Waals surface area (Å²) in [5.74, 6) is 4.79. The molecular formula is C52H46N4O8. The molecule has 12 heteroatoms. The van der Waals surface area contributed by atoms with Crippen molar-refractivity contribution < 1.29 is 37.9 Å². The van der Waals surface area contributed by atoms with Gasteiger partial charge in [-0.25, -0.2) is 9.97 Å². The number of aromatic amines is 2. The minimum absolute atomic E-state index is 0.585. The fraction of sp³-hybridized carbons (Fsp3) is 0.154. The van der Waals surface area contributed by atoms with Crippen LogP contribution in [0.15, 0.2) is 97.1 Å². The lowest BCUT2D eigenvalue weighted by atomic mass is 9.99. The third-order valence-electron chi connectivity index (χ3n) is 11.5. The molecule has 2 N–H and O–H groups in total. The lowest BCUT2D eigenvalue weighted by molar-refractivity contribution is 0.397. The Hall–Kier alpha value is -8.12. The fourth-order valence-corrected chi connectivity index (χ4v) is 8.65. The summed E-state index contributed by atoms with van der Waals surface area (Å²) in [6.45, 7) is 0. The fourth-order valence-electron chi connectivity index (χ4n) is 8.65. The van der Waals surface area contributed by atoms with E-state index in [1.54, 1.807) is 56.9 Å². The molecule has 2 aliphatic heterocycles. The Kier molecular flexibility index (Phi) is 11.2. The summed E-state index contributed by atoms with van der Waals surface area (Å²) in [5, 5.41) is 0. The molecule has 0 saturated heterocycles. The van der Waals surface area contributed by atoms with Crippen molar-refractivity contribution in [3.05, 3.63) is 120 Å². The maximum Gasteiger partial charge on any atom is 0.130 e. The quantitative estimate of drug-likeness (QED) is 0.122. The van der Waals surface area contributed by atoms with Gasteiger partial charge in [0.25, 0.3) is 0 Å². The zero-order valence-electron chi connectivity index (χ0n) is 36.7. The van der Waals surface area contributed by atoms with E-state index in [1.807, 2.05) is 121 Å². The van der Waals surface area contributed by atoms with Crippen LogP contribution in [0.4, 0.5) is 0 Å². The normalized spacial score (nSPS) is 11.6. The van der Waals surface area contributed by atoms with Crippen molar-refractivity contribution in [1.82, 2.24) is 19.9 Å². The molecule has 12 nitrogen and oxygen atoms in total. The van der Waals surface area contributed by atoms with Crippen molar-refractivity contribution in [1.29, 1.82) is 0 Å².